The third-order valence-electron chi connectivity index (χ3n) is 6.74. The summed E-state index contributed by atoms with van der Waals surface area (Å²) in [6, 6.07) is 10.8. The monoisotopic (exact) mass is 569 g/mol. The Kier molecular flexibility index (Phi) is 7.04. The van der Waals surface area contributed by atoms with Gasteiger partial charge in [-0.25, -0.2) is 0 Å². The lowest BCUT2D eigenvalue weighted by molar-refractivity contribution is -0.119. The lowest BCUT2D eigenvalue weighted by Crippen LogP contribution is -2.30. The van der Waals surface area contributed by atoms with Crippen LogP contribution in [0.2, 0.25) is 5.02 Å². The number of nitrogens with one attached hydrogen (secondary N) is 1. The molecule has 0 saturated carbocycles. The van der Waals surface area contributed by atoms with Crippen LogP contribution in [0.25, 0.3) is 0 Å². The van der Waals surface area contributed by atoms with E-state index in [1.54, 1.807) is 18.2 Å². The molecule has 1 heterocycles. The molecule has 2 aromatic carbocycles. The zero-order valence-corrected chi connectivity index (χ0v) is 22.1. The molecule has 1 N–H and O–H groups in total. The Labute approximate surface area is 222 Å². The molecule has 186 valence electrons. The Hall–Kier alpha value is -2.90. The standard InChI is InChI=1S/C28H25BrClNO5/c1-15-8-10-17(13-19(15)30)31-25(34)14-35-22-11-9-16(12-18(22)29)26-27-20(32)4-2-6-23(27)36-24-7-3-5-21(33)28(24)26/h8-13,26H,2-7,14H2,1H3,(H,31,34). The van der Waals surface area contributed by atoms with E-state index in [-0.39, 0.29) is 24.1 Å². The van der Waals surface area contributed by atoms with Crippen LogP contribution in [0.4, 0.5) is 5.69 Å². The molecular weight excluding hydrogens is 546 g/mol. The Balaban J connectivity index is 1.37. The second-order valence-electron chi connectivity index (χ2n) is 9.25. The van der Waals surface area contributed by atoms with Crippen molar-refractivity contribution < 1.29 is 23.9 Å². The van der Waals surface area contributed by atoms with Gasteiger partial charge in [0.2, 0.25) is 0 Å². The fourth-order valence-corrected chi connectivity index (χ4v) is 5.67. The van der Waals surface area contributed by atoms with E-state index in [9.17, 15) is 14.4 Å². The first-order valence-corrected chi connectivity index (χ1v) is 13.2. The average molecular weight is 571 g/mol. The van der Waals surface area contributed by atoms with Crippen LogP contribution in [-0.4, -0.2) is 24.1 Å². The van der Waals surface area contributed by atoms with Crippen LogP contribution >= 0.6 is 27.5 Å². The van der Waals surface area contributed by atoms with Crippen molar-refractivity contribution in [3.63, 3.8) is 0 Å². The summed E-state index contributed by atoms with van der Waals surface area (Å²) in [6.07, 6.45) is 3.83. The smallest absolute Gasteiger partial charge is 0.262 e. The normalized spacial score (nSPS) is 18.0. The Bertz CT molecular complexity index is 1300. The summed E-state index contributed by atoms with van der Waals surface area (Å²) in [5, 5.41) is 3.34. The minimum absolute atomic E-state index is 0.0375. The summed E-state index contributed by atoms with van der Waals surface area (Å²) in [5.41, 5.74) is 3.55. The van der Waals surface area contributed by atoms with Crippen LogP contribution in [0.5, 0.6) is 5.75 Å². The molecule has 0 saturated heterocycles. The molecule has 1 aliphatic heterocycles. The van der Waals surface area contributed by atoms with E-state index in [0.717, 1.165) is 24.0 Å². The highest BCUT2D eigenvalue weighted by molar-refractivity contribution is 9.10. The summed E-state index contributed by atoms with van der Waals surface area (Å²) in [5.74, 6) is 1.20. The van der Waals surface area contributed by atoms with Crippen LogP contribution < -0.4 is 10.1 Å². The summed E-state index contributed by atoms with van der Waals surface area (Å²) in [4.78, 5) is 38.3. The van der Waals surface area contributed by atoms with Gasteiger partial charge in [0.25, 0.3) is 5.91 Å². The molecule has 36 heavy (non-hydrogen) atoms. The predicted molar refractivity (Wildman–Crippen MR) is 140 cm³/mol. The molecule has 0 aromatic heterocycles. The van der Waals surface area contributed by atoms with E-state index in [0.29, 0.717) is 69.3 Å². The number of rotatable bonds is 5. The summed E-state index contributed by atoms with van der Waals surface area (Å²) < 4.78 is 12.5. The van der Waals surface area contributed by atoms with E-state index >= 15 is 0 Å². The SMILES string of the molecule is Cc1ccc(NC(=O)COc2ccc(C3C4=C(CCCC4=O)OC4=C3C(=O)CCC4)cc2Br)cc1Cl. The first-order valence-electron chi connectivity index (χ1n) is 12.0. The molecule has 2 aromatic rings. The molecule has 0 spiro atoms. The number of ether oxygens (including phenoxy) is 2. The molecule has 2 aliphatic carbocycles. The van der Waals surface area contributed by atoms with Gasteiger partial charge in [-0.2, -0.15) is 0 Å². The second kappa shape index (κ2) is 10.2. The zero-order chi connectivity index (χ0) is 25.4. The molecule has 0 atom stereocenters. The van der Waals surface area contributed by atoms with Crippen LogP contribution in [-0.2, 0) is 19.1 Å². The van der Waals surface area contributed by atoms with E-state index in [1.807, 2.05) is 25.1 Å². The van der Waals surface area contributed by atoms with Gasteiger partial charge < -0.3 is 14.8 Å². The number of allylic oxidation sites excluding steroid dienone is 4. The van der Waals surface area contributed by atoms with Gasteiger partial charge >= 0.3 is 0 Å². The van der Waals surface area contributed by atoms with Gasteiger partial charge in [-0.05, 0) is 71.1 Å². The van der Waals surface area contributed by atoms with Crippen LogP contribution in [0.3, 0.4) is 0 Å². The maximum Gasteiger partial charge on any atom is 0.262 e. The van der Waals surface area contributed by atoms with Crippen molar-refractivity contribution in [2.75, 3.05) is 11.9 Å². The van der Waals surface area contributed by atoms with Crippen molar-refractivity contribution in [2.45, 2.75) is 51.4 Å². The van der Waals surface area contributed by atoms with E-state index < -0.39 is 5.92 Å². The Morgan fingerprint density at radius 2 is 1.69 bits per heavy atom. The van der Waals surface area contributed by atoms with E-state index in [2.05, 4.69) is 21.2 Å². The number of amides is 1. The fraction of sp³-hybridized carbons (Fsp3) is 0.321. The first-order chi connectivity index (χ1) is 17.3. The predicted octanol–water partition coefficient (Wildman–Crippen LogP) is 6.56. The van der Waals surface area contributed by atoms with Crippen molar-refractivity contribution in [1.82, 2.24) is 0 Å². The highest BCUT2D eigenvalue weighted by Crippen LogP contribution is 2.48. The molecule has 0 bridgehead atoms. The van der Waals surface area contributed by atoms with Gasteiger partial charge in [-0.3, -0.25) is 14.4 Å². The number of ketones is 2. The lowest BCUT2D eigenvalue weighted by Gasteiger charge is -2.36. The van der Waals surface area contributed by atoms with Crippen molar-refractivity contribution in [3.8, 4) is 5.75 Å². The maximum absolute atomic E-state index is 13.0. The van der Waals surface area contributed by atoms with Crippen molar-refractivity contribution in [1.29, 1.82) is 0 Å². The van der Waals surface area contributed by atoms with Crippen molar-refractivity contribution in [3.05, 3.63) is 79.7 Å². The van der Waals surface area contributed by atoms with Crippen molar-refractivity contribution >= 4 is 50.7 Å². The van der Waals surface area contributed by atoms with Crippen LogP contribution in [0.1, 0.15) is 55.6 Å². The van der Waals surface area contributed by atoms with Gasteiger partial charge in [0.05, 0.1) is 4.47 Å². The van der Waals surface area contributed by atoms with E-state index in [1.165, 1.54) is 0 Å². The maximum atomic E-state index is 13.0. The number of carbonyl (C=O) groups is 3. The molecule has 6 nitrogen and oxygen atoms in total. The van der Waals surface area contributed by atoms with Gasteiger partial charge in [0.1, 0.15) is 17.3 Å². The van der Waals surface area contributed by atoms with Crippen LogP contribution in [0.15, 0.2) is 63.5 Å². The molecule has 8 heteroatoms. The van der Waals surface area contributed by atoms with Crippen molar-refractivity contribution in [2.24, 2.45) is 0 Å². The molecular formula is C28H25BrClNO5. The number of hydrogen-bond acceptors (Lipinski definition) is 5. The van der Waals surface area contributed by atoms with Gasteiger partial charge in [-0.15, -0.1) is 0 Å². The van der Waals surface area contributed by atoms with Gasteiger partial charge in [0, 0.05) is 53.5 Å². The Morgan fingerprint density at radius 1 is 1.03 bits per heavy atom. The molecule has 0 fully saturated rings. The zero-order valence-electron chi connectivity index (χ0n) is 19.8. The van der Waals surface area contributed by atoms with Crippen LogP contribution in [0, 0.1) is 6.92 Å². The number of halogens is 2. The molecule has 0 radical (unpaired) electrons. The third kappa shape index (κ3) is 4.87. The van der Waals surface area contributed by atoms with E-state index in [4.69, 9.17) is 21.1 Å². The number of benzene rings is 2. The number of carbonyl (C=O) groups excluding carboxylic acids is 3. The first kappa shape index (κ1) is 24.8. The summed E-state index contributed by atoms with van der Waals surface area (Å²) in [6.45, 7) is 1.70. The summed E-state index contributed by atoms with van der Waals surface area (Å²) >= 11 is 9.68. The molecule has 5 rings (SSSR count). The average Bonchev–Trinajstić information content (AvgIpc) is 2.85. The highest BCUT2D eigenvalue weighted by Gasteiger charge is 2.41. The lowest BCUT2D eigenvalue weighted by atomic mass is 9.73. The molecule has 3 aliphatic rings. The topological polar surface area (TPSA) is 81.7 Å². The largest absolute Gasteiger partial charge is 0.483 e. The van der Waals surface area contributed by atoms with Gasteiger partial charge in [-0.1, -0.05) is 23.7 Å². The number of hydrogen-bond donors (Lipinski definition) is 1. The second-order valence-corrected chi connectivity index (χ2v) is 10.5. The summed E-state index contributed by atoms with van der Waals surface area (Å²) in [7, 11) is 0. The molecule has 1 amide bonds. The minimum Gasteiger partial charge on any atom is -0.483 e. The highest BCUT2D eigenvalue weighted by atomic mass is 79.9. The minimum atomic E-state index is -0.440. The van der Waals surface area contributed by atoms with Gasteiger partial charge in [0.15, 0.2) is 18.2 Å². The number of Topliss-reactive ketones (excluding diaryl/α,β-unsaturated/α-hetero) is 2. The third-order valence-corrected chi connectivity index (χ3v) is 7.77. The quantitative estimate of drug-likeness (QED) is 0.440. The number of anilines is 1. The fourth-order valence-electron chi connectivity index (χ4n) is 4.98. The number of aryl methyl sites for hydroxylation is 1. The Morgan fingerprint density at radius 3 is 2.31 bits per heavy atom. The molecule has 0 unspecified atom stereocenters.